The first kappa shape index (κ1) is 40.5. The van der Waals surface area contributed by atoms with E-state index < -0.39 is 34.1 Å². The zero-order chi connectivity index (χ0) is 29.2. The summed E-state index contributed by atoms with van der Waals surface area (Å²) in [5.74, 6) is 0. The summed E-state index contributed by atoms with van der Waals surface area (Å²) in [6, 6.07) is 0. The van der Waals surface area contributed by atoms with Crippen molar-refractivity contribution in [3.8, 4) is 0 Å². The summed E-state index contributed by atoms with van der Waals surface area (Å²) < 4.78 is 68.8. The summed E-state index contributed by atoms with van der Waals surface area (Å²) in [7, 11) is 24.7. The lowest BCUT2D eigenvalue weighted by Gasteiger charge is -2.24. The first-order chi connectivity index (χ1) is 15.9. The maximum Gasteiger partial charge on any atom is 0.305 e. The van der Waals surface area contributed by atoms with Crippen molar-refractivity contribution in [2.75, 3.05) is 137 Å². The molecule has 0 bridgehead atoms. The Morgan fingerprint density at radius 1 is 0.444 bits per heavy atom. The van der Waals surface area contributed by atoms with Crippen LogP contribution < -0.4 is 0 Å². The molecule has 0 amide bonds. The van der Waals surface area contributed by atoms with Crippen LogP contribution in [0.2, 0.25) is 0 Å². The van der Waals surface area contributed by atoms with Gasteiger partial charge >= 0.3 is 22.7 Å². The molecule has 222 valence electrons. The molecule has 0 radical (unpaired) electrons. The molecule has 16 heteroatoms. The average molecular weight is 591 g/mol. The largest absolute Gasteiger partial charge is 0.329 e. The molecule has 2 N–H and O–H groups in total. The van der Waals surface area contributed by atoms with Crippen molar-refractivity contribution in [3.63, 3.8) is 0 Å². The van der Waals surface area contributed by atoms with E-state index in [0.29, 0.717) is 26.4 Å². The van der Waals surface area contributed by atoms with Crippen LogP contribution in [-0.2, 0) is 50.8 Å². The van der Waals surface area contributed by atoms with Crippen LogP contribution in [0, 0.1) is 0 Å². The van der Waals surface area contributed by atoms with Crippen molar-refractivity contribution in [1.29, 1.82) is 0 Å². The molecule has 0 spiro atoms. The van der Waals surface area contributed by atoms with Gasteiger partial charge in [-0.3, -0.25) is 25.8 Å². The molecule has 0 aliphatic rings. The van der Waals surface area contributed by atoms with Gasteiger partial charge in [-0.1, -0.05) is 0 Å². The van der Waals surface area contributed by atoms with Crippen molar-refractivity contribution >= 4 is 34.1 Å². The number of nitrogens with zero attached hydrogens (tertiary/aromatic N) is 4. The Morgan fingerprint density at radius 3 is 0.694 bits per heavy atom. The fourth-order valence-corrected chi connectivity index (χ4v) is 2.56. The molecule has 13 nitrogen and oxygen atoms in total. The van der Waals surface area contributed by atoms with Crippen LogP contribution in [0.5, 0.6) is 0 Å². The maximum absolute atomic E-state index is 11.3. The van der Waals surface area contributed by atoms with Gasteiger partial charge in [0.25, 0.3) is 11.4 Å². The minimum Gasteiger partial charge on any atom is -0.329 e. The van der Waals surface area contributed by atoms with E-state index in [2.05, 4.69) is 84.6 Å². The van der Waals surface area contributed by atoms with E-state index in [0.717, 1.165) is 44.1 Å². The Bertz CT molecular complexity index is 534. The van der Waals surface area contributed by atoms with E-state index in [-0.39, 0.29) is 0 Å². The third kappa shape index (κ3) is 47.3. The highest BCUT2D eigenvalue weighted by molar-refractivity contribution is 7.75. The third-order valence-corrected chi connectivity index (χ3v) is 5.20. The van der Waals surface area contributed by atoms with Gasteiger partial charge in [0.2, 0.25) is 0 Å². The number of quaternary nitrogens is 4. The Balaban J connectivity index is -0.000000526. The maximum atomic E-state index is 11.3. The molecule has 0 unspecified atom stereocenters. The Hall–Kier alpha value is 0.0500. The summed E-state index contributed by atoms with van der Waals surface area (Å²) in [6.07, 6.45) is 0. The van der Waals surface area contributed by atoms with Crippen LogP contribution in [0.1, 0.15) is 0 Å². The van der Waals surface area contributed by atoms with Crippen molar-refractivity contribution in [2.24, 2.45) is 0 Å². The molecule has 0 aliphatic heterocycles. The van der Waals surface area contributed by atoms with Gasteiger partial charge in [-0.05, 0) is 0 Å². The molecule has 0 saturated heterocycles. The van der Waals surface area contributed by atoms with E-state index in [1.54, 1.807) is 0 Å². The van der Waals surface area contributed by atoms with E-state index >= 15 is 0 Å². The topological polar surface area (TPSA) is 129 Å². The van der Waals surface area contributed by atoms with Gasteiger partial charge in [0.15, 0.2) is 0 Å². The molecule has 0 aromatic carbocycles. The highest BCUT2D eigenvalue weighted by Gasteiger charge is 2.12. The standard InChI is InChI=1S/2C10H26N2O3S.H2O3S/c2*1-11(2,3)7-9-14-16(13)15-10-8-12(4,5)6;1-4(2)3/h2*7-10H2,1-6H3;(H2,1,2,3)/q2*+2;. The second-order valence-corrected chi connectivity index (χ2v) is 14.2. The van der Waals surface area contributed by atoms with Crippen LogP contribution in [-0.4, -0.2) is 177 Å². The molecule has 0 rings (SSSR count). The third-order valence-electron chi connectivity index (χ3n) is 3.77. The van der Waals surface area contributed by atoms with Crippen molar-refractivity contribution in [3.05, 3.63) is 0 Å². The van der Waals surface area contributed by atoms with Gasteiger partial charge in [0.1, 0.15) is 52.6 Å². The van der Waals surface area contributed by atoms with Crippen molar-refractivity contribution < 1.29 is 56.4 Å². The predicted molar refractivity (Wildman–Crippen MR) is 145 cm³/mol. The zero-order valence-electron chi connectivity index (χ0n) is 24.4. The van der Waals surface area contributed by atoms with Gasteiger partial charge in [-0.2, -0.15) is 12.6 Å². The van der Waals surface area contributed by atoms with Gasteiger partial charge in [0.05, 0.1) is 84.6 Å². The predicted octanol–water partition coefficient (Wildman–Crippen LogP) is -0.297. The van der Waals surface area contributed by atoms with E-state index in [4.69, 9.17) is 30.0 Å². The Labute approximate surface area is 227 Å². The molecule has 0 saturated carbocycles. The lowest BCUT2D eigenvalue weighted by molar-refractivity contribution is -0.870. The minimum atomic E-state index is -2.61. The van der Waals surface area contributed by atoms with Crippen LogP contribution in [0.4, 0.5) is 0 Å². The molecule has 0 fully saturated rings. The normalized spacial score (nSPS) is 12.9. The molecular weight excluding hydrogens is 536 g/mol. The Kier molecular flexibility index (Phi) is 22.6. The van der Waals surface area contributed by atoms with E-state index in [1.165, 1.54) is 0 Å². The Morgan fingerprint density at radius 2 is 0.583 bits per heavy atom. The summed E-state index contributed by atoms with van der Waals surface area (Å²) in [5.41, 5.74) is 0. The first-order valence-electron chi connectivity index (χ1n) is 11.3. The van der Waals surface area contributed by atoms with Gasteiger partial charge in [-0.15, -0.1) is 0 Å². The zero-order valence-corrected chi connectivity index (χ0v) is 26.9. The van der Waals surface area contributed by atoms with Crippen molar-refractivity contribution in [2.45, 2.75) is 0 Å². The SMILES string of the molecule is C[N+](C)(C)CCOS(=O)OCC[N+](C)(C)C.C[N+](C)(C)CCOS(=O)OCC[N+](C)(C)C.O=S(O)O. The molecule has 0 aromatic rings. The van der Waals surface area contributed by atoms with Crippen LogP contribution in [0.25, 0.3) is 0 Å². The lowest BCUT2D eigenvalue weighted by atomic mass is 10.5. The fourth-order valence-electron chi connectivity index (χ4n) is 1.58. The quantitative estimate of drug-likeness (QED) is 0.184. The highest BCUT2D eigenvalue weighted by Crippen LogP contribution is 1.97. The summed E-state index contributed by atoms with van der Waals surface area (Å²) in [6.45, 7) is 5.02. The number of hydrogen-bond donors (Lipinski definition) is 2. The van der Waals surface area contributed by atoms with Gasteiger partial charge in [-0.25, -0.2) is 0 Å². The second kappa shape index (κ2) is 20.0. The van der Waals surface area contributed by atoms with Crippen LogP contribution in [0.15, 0.2) is 0 Å². The number of likely N-dealkylation sites (N-methyl/N-ethyl adjacent to an activating group) is 4. The fraction of sp³-hybridized carbons (Fsp3) is 1.00. The summed E-state index contributed by atoms with van der Waals surface area (Å²) in [4.78, 5) is 0. The van der Waals surface area contributed by atoms with Gasteiger partial charge < -0.3 is 17.9 Å². The number of rotatable bonds is 16. The molecule has 36 heavy (non-hydrogen) atoms. The molecule has 0 heterocycles. The average Bonchev–Trinajstić information content (AvgIpc) is 2.57. The van der Waals surface area contributed by atoms with Crippen molar-refractivity contribution in [1.82, 2.24) is 0 Å². The smallest absolute Gasteiger partial charge is 0.305 e. The second-order valence-electron chi connectivity index (χ2n) is 12.0. The first-order valence-corrected chi connectivity index (χ1v) is 14.4. The summed E-state index contributed by atoms with van der Waals surface area (Å²) in [5, 5.41) is 0. The summed E-state index contributed by atoms with van der Waals surface area (Å²) >= 11 is -5.83. The van der Waals surface area contributed by atoms with E-state index in [1.807, 2.05) is 0 Å². The van der Waals surface area contributed by atoms with Crippen LogP contribution >= 0.6 is 0 Å². The minimum absolute atomic E-state index is 0.445. The lowest BCUT2D eigenvalue weighted by Crippen LogP contribution is -2.38. The highest BCUT2D eigenvalue weighted by atomic mass is 32.2. The molecule has 0 aromatic heterocycles. The van der Waals surface area contributed by atoms with E-state index in [9.17, 15) is 8.42 Å². The van der Waals surface area contributed by atoms with Gasteiger partial charge in [0, 0.05) is 0 Å². The molecule has 0 atom stereocenters. The van der Waals surface area contributed by atoms with Crippen LogP contribution in [0.3, 0.4) is 0 Å². The molecule has 0 aliphatic carbocycles. The molecular formula is C20H54N4O9S3+4. The monoisotopic (exact) mass is 590 g/mol. The number of hydrogen-bond acceptors (Lipinski definition) is 7.